The summed E-state index contributed by atoms with van der Waals surface area (Å²) >= 11 is 0. The van der Waals surface area contributed by atoms with E-state index in [1.807, 2.05) is 51.1 Å². The van der Waals surface area contributed by atoms with Crippen molar-refractivity contribution in [3.8, 4) is 0 Å². The first-order chi connectivity index (χ1) is 15.8. The van der Waals surface area contributed by atoms with Gasteiger partial charge >= 0.3 is 5.97 Å². The van der Waals surface area contributed by atoms with Gasteiger partial charge in [0.1, 0.15) is 11.4 Å². The molecule has 0 spiro atoms. The minimum atomic E-state index is -0.671. The van der Waals surface area contributed by atoms with Crippen LogP contribution in [0.2, 0.25) is 0 Å². The van der Waals surface area contributed by atoms with E-state index in [2.05, 4.69) is 10.6 Å². The van der Waals surface area contributed by atoms with Gasteiger partial charge in [0.05, 0.1) is 23.2 Å². The van der Waals surface area contributed by atoms with Crippen molar-refractivity contribution < 1.29 is 23.5 Å². The fourth-order valence-corrected chi connectivity index (χ4v) is 3.44. The quantitative estimate of drug-likeness (QED) is 0.494. The minimum Gasteiger partial charge on any atom is -0.460 e. The molecular weight excluding hydrogens is 435 g/mol. The van der Waals surface area contributed by atoms with Gasteiger partial charge in [0.25, 0.3) is 5.91 Å². The minimum absolute atomic E-state index is 0.0117. The molecule has 2 aromatic rings. The van der Waals surface area contributed by atoms with Gasteiger partial charge in [0.2, 0.25) is 5.91 Å². The maximum atomic E-state index is 14.3. The molecule has 2 N–H and O–H groups in total. The zero-order chi connectivity index (χ0) is 25.6. The number of rotatable bonds is 8. The van der Waals surface area contributed by atoms with Crippen LogP contribution in [0.4, 0.5) is 10.1 Å². The van der Waals surface area contributed by atoms with E-state index < -0.39 is 35.1 Å². The van der Waals surface area contributed by atoms with Crippen LogP contribution in [0.5, 0.6) is 0 Å². The van der Waals surface area contributed by atoms with Crippen LogP contribution in [0.25, 0.3) is 0 Å². The van der Waals surface area contributed by atoms with Gasteiger partial charge in [0.15, 0.2) is 0 Å². The SMILES string of the molecule is Cc1cc(NC(=O)CC(C(=O)OC(C)(C)C)C(C)C)c(C(=O)NC(C)c2ccccc2)cc1F. The molecule has 0 aromatic heterocycles. The molecule has 2 aromatic carbocycles. The number of carbonyl (C=O) groups is 3. The molecule has 0 fully saturated rings. The van der Waals surface area contributed by atoms with E-state index in [0.29, 0.717) is 0 Å². The molecule has 0 aliphatic heterocycles. The molecule has 34 heavy (non-hydrogen) atoms. The van der Waals surface area contributed by atoms with Gasteiger partial charge in [-0.1, -0.05) is 44.2 Å². The number of benzene rings is 2. The first kappa shape index (κ1) is 27.0. The third kappa shape index (κ3) is 7.68. The van der Waals surface area contributed by atoms with Crippen LogP contribution in [-0.2, 0) is 14.3 Å². The van der Waals surface area contributed by atoms with E-state index in [9.17, 15) is 18.8 Å². The first-order valence-electron chi connectivity index (χ1n) is 11.5. The predicted octanol–water partition coefficient (Wildman–Crippen LogP) is 5.57. The molecule has 7 heteroatoms. The number of halogens is 1. The summed E-state index contributed by atoms with van der Waals surface area (Å²) in [7, 11) is 0. The molecule has 0 heterocycles. The van der Waals surface area contributed by atoms with Crippen molar-refractivity contribution in [1.29, 1.82) is 0 Å². The summed E-state index contributed by atoms with van der Waals surface area (Å²) in [6.45, 7) is 12.4. The Balaban J connectivity index is 2.22. The van der Waals surface area contributed by atoms with Gasteiger partial charge in [-0.05, 0) is 63.8 Å². The summed E-state index contributed by atoms with van der Waals surface area (Å²) in [5.74, 6) is -2.77. The number of ether oxygens (including phenoxy) is 1. The number of hydrogen-bond acceptors (Lipinski definition) is 4. The van der Waals surface area contributed by atoms with Gasteiger partial charge in [-0.15, -0.1) is 0 Å². The third-order valence-corrected chi connectivity index (χ3v) is 5.38. The summed E-state index contributed by atoms with van der Waals surface area (Å²) in [5.41, 5.74) is 0.711. The Kier molecular flexibility index (Phi) is 8.96. The van der Waals surface area contributed by atoms with Crippen LogP contribution in [0.3, 0.4) is 0 Å². The third-order valence-electron chi connectivity index (χ3n) is 5.38. The highest BCUT2D eigenvalue weighted by molar-refractivity contribution is 6.04. The highest BCUT2D eigenvalue weighted by Crippen LogP contribution is 2.25. The van der Waals surface area contributed by atoms with Crippen LogP contribution in [-0.4, -0.2) is 23.4 Å². The number of anilines is 1. The zero-order valence-corrected chi connectivity index (χ0v) is 21.0. The van der Waals surface area contributed by atoms with E-state index in [0.717, 1.165) is 11.6 Å². The summed E-state index contributed by atoms with van der Waals surface area (Å²) in [6, 6.07) is 11.6. The number of carbonyl (C=O) groups excluding carboxylic acids is 3. The molecular formula is C27H35FN2O4. The fourth-order valence-electron chi connectivity index (χ4n) is 3.44. The highest BCUT2D eigenvalue weighted by atomic mass is 19.1. The van der Waals surface area contributed by atoms with Crippen LogP contribution >= 0.6 is 0 Å². The monoisotopic (exact) mass is 470 g/mol. The molecule has 0 aliphatic rings. The lowest BCUT2D eigenvalue weighted by atomic mass is 9.92. The van der Waals surface area contributed by atoms with Crippen LogP contribution in [0, 0.1) is 24.6 Å². The average Bonchev–Trinajstić information content (AvgIpc) is 2.73. The van der Waals surface area contributed by atoms with Gasteiger partial charge in [-0.25, -0.2) is 4.39 Å². The maximum Gasteiger partial charge on any atom is 0.310 e. The molecule has 0 radical (unpaired) electrons. The summed E-state index contributed by atoms with van der Waals surface area (Å²) in [6.07, 6.45) is -0.121. The Morgan fingerprint density at radius 1 is 1.03 bits per heavy atom. The van der Waals surface area contributed by atoms with Crippen molar-refractivity contribution in [1.82, 2.24) is 5.32 Å². The summed E-state index contributed by atoms with van der Waals surface area (Å²) in [5, 5.41) is 5.55. The van der Waals surface area contributed by atoms with Gasteiger partial charge in [0, 0.05) is 6.42 Å². The molecule has 0 bridgehead atoms. The maximum absolute atomic E-state index is 14.3. The Morgan fingerprint density at radius 2 is 1.65 bits per heavy atom. The van der Waals surface area contributed by atoms with E-state index in [1.165, 1.54) is 6.07 Å². The normalized spacial score (nSPS) is 13.2. The number of nitrogens with one attached hydrogen (secondary N) is 2. The van der Waals surface area contributed by atoms with E-state index in [4.69, 9.17) is 4.74 Å². The fraction of sp³-hybridized carbons (Fsp3) is 0.444. The Morgan fingerprint density at radius 3 is 2.21 bits per heavy atom. The largest absolute Gasteiger partial charge is 0.460 e. The number of hydrogen-bond donors (Lipinski definition) is 2. The highest BCUT2D eigenvalue weighted by Gasteiger charge is 2.30. The van der Waals surface area contributed by atoms with E-state index in [1.54, 1.807) is 27.7 Å². The molecule has 0 saturated heterocycles. The van der Waals surface area contributed by atoms with E-state index in [-0.39, 0.29) is 35.2 Å². The Labute approximate surface area is 201 Å². The number of amides is 2. The summed E-state index contributed by atoms with van der Waals surface area (Å²) in [4.78, 5) is 38.5. The molecule has 2 amide bonds. The van der Waals surface area contributed by atoms with Crippen molar-refractivity contribution in [3.63, 3.8) is 0 Å². The smallest absolute Gasteiger partial charge is 0.310 e. The molecule has 2 rings (SSSR count). The van der Waals surface area contributed by atoms with Crippen molar-refractivity contribution in [3.05, 3.63) is 65.0 Å². The average molecular weight is 471 g/mol. The van der Waals surface area contributed by atoms with Crippen molar-refractivity contribution >= 4 is 23.5 Å². The molecule has 184 valence electrons. The second-order valence-electron chi connectivity index (χ2n) is 9.89. The number of esters is 1. The second-order valence-corrected chi connectivity index (χ2v) is 9.89. The van der Waals surface area contributed by atoms with Crippen LogP contribution < -0.4 is 10.6 Å². The standard InChI is InChI=1S/C27H35FN2O4/c1-16(2)20(26(33)34-27(5,6)7)15-24(31)30-23-13-17(3)22(28)14-21(23)25(32)29-18(4)19-11-9-8-10-12-19/h8-14,16,18,20H,15H2,1-7H3,(H,29,32)(H,30,31). The van der Waals surface area contributed by atoms with Crippen LogP contribution in [0.1, 0.15) is 75.5 Å². The van der Waals surface area contributed by atoms with Crippen LogP contribution in [0.15, 0.2) is 42.5 Å². The van der Waals surface area contributed by atoms with Crippen molar-refractivity contribution in [2.45, 2.75) is 66.5 Å². The van der Waals surface area contributed by atoms with E-state index >= 15 is 0 Å². The predicted molar refractivity (Wildman–Crippen MR) is 131 cm³/mol. The molecule has 0 aliphatic carbocycles. The van der Waals surface area contributed by atoms with Gasteiger partial charge < -0.3 is 15.4 Å². The molecule has 6 nitrogen and oxygen atoms in total. The Hall–Kier alpha value is -3.22. The zero-order valence-electron chi connectivity index (χ0n) is 21.0. The Bertz CT molecular complexity index is 1030. The van der Waals surface area contributed by atoms with Gasteiger partial charge in [-0.3, -0.25) is 14.4 Å². The van der Waals surface area contributed by atoms with Crippen molar-refractivity contribution in [2.75, 3.05) is 5.32 Å². The first-order valence-corrected chi connectivity index (χ1v) is 11.5. The lowest BCUT2D eigenvalue weighted by Gasteiger charge is -2.25. The van der Waals surface area contributed by atoms with Crippen molar-refractivity contribution in [2.24, 2.45) is 11.8 Å². The van der Waals surface area contributed by atoms with Gasteiger partial charge in [-0.2, -0.15) is 0 Å². The molecule has 2 unspecified atom stereocenters. The lowest BCUT2D eigenvalue weighted by molar-refractivity contribution is -0.162. The molecule has 0 saturated carbocycles. The second kappa shape index (κ2) is 11.3. The summed E-state index contributed by atoms with van der Waals surface area (Å²) < 4.78 is 19.8. The number of aryl methyl sites for hydroxylation is 1. The molecule has 2 atom stereocenters. The lowest BCUT2D eigenvalue weighted by Crippen LogP contribution is -2.34. The topological polar surface area (TPSA) is 84.5 Å².